The predicted octanol–water partition coefficient (Wildman–Crippen LogP) is 0.387. The first-order valence-electron chi connectivity index (χ1n) is 7.94. The van der Waals surface area contributed by atoms with Crippen LogP contribution < -0.4 is 10.6 Å². The van der Waals surface area contributed by atoms with Crippen molar-refractivity contribution in [3.8, 4) is 0 Å². The molecule has 1 fully saturated rings. The lowest BCUT2D eigenvalue weighted by molar-refractivity contribution is -0.139. The van der Waals surface area contributed by atoms with Gasteiger partial charge >= 0.3 is 0 Å². The summed E-state index contributed by atoms with van der Waals surface area (Å²) in [6, 6.07) is 5.12. The fourth-order valence-corrected chi connectivity index (χ4v) is 2.25. The summed E-state index contributed by atoms with van der Waals surface area (Å²) < 4.78 is 0. The fraction of sp³-hybridized carbons (Fsp3) is 0.471. The van der Waals surface area contributed by atoms with E-state index in [0.29, 0.717) is 12.1 Å². The Balaban J connectivity index is 1.71. The molecule has 7 heteroatoms. The van der Waals surface area contributed by atoms with Gasteiger partial charge in [-0.25, -0.2) is 0 Å². The van der Waals surface area contributed by atoms with Crippen molar-refractivity contribution in [3.63, 3.8) is 0 Å². The molecule has 1 aromatic heterocycles. The molecular formula is C17H21N3O4. The van der Waals surface area contributed by atoms with Gasteiger partial charge in [0, 0.05) is 24.6 Å². The Morgan fingerprint density at radius 3 is 2.58 bits per heavy atom. The molecule has 0 aliphatic heterocycles. The molecule has 2 atom stereocenters. The third-order valence-corrected chi connectivity index (χ3v) is 3.84. The van der Waals surface area contributed by atoms with Gasteiger partial charge in [0.05, 0.1) is 12.2 Å². The molecule has 1 saturated carbocycles. The van der Waals surface area contributed by atoms with Crippen LogP contribution in [-0.4, -0.2) is 34.4 Å². The highest BCUT2D eigenvalue weighted by molar-refractivity contribution is 6.37. The zero-order valence-corrected chi connectivity index (χ0v) is 13.7. The molecule has 2 rings (SSSR count). The van der Waals surface area contributed by atoms with E-state index in [1.54, 1.807) is 38.2 Å². The van der Waals surface area contributed by atoms with E-state index in [9.17, 15) is 19.2 Å². The summed E-state index contributed by atoms with van der Waals surface area (Å²) in [6.45, 7) is 3.50. The normalized spacial score (nSPS) is 18.8. The quantitative estimate of drug-likeness (QED) is 0.670. The number of amides is 2. The third kappa shape index (κ3) is 4.97. The first-order chi connectivity index (χ1) is 11.4. The van der Waals surface area contributed by atoms with E-state index in [1.807, 2.05) is 0 Å². The Morgan fingerprint density at radius 1 is 1.21 bits per heavy atom. The SMILES string of the molecule is CC(C)C(=O)C(=O)NC1CC1CC(=O)C(=O)NCc1ccccn1. The first kappa shape index (κ1) is 17.8. The molecule has 1 heterocycles. The Kier molecular flexibility index (Phi) is 5.78. The van der Waals surface area contributed by atoms with Crippen molar-refractivity contribution >= 4 is 23.4 Å². The number of carbonyl (C=O) groups excluding carboxylic acids is 4. The summed E-state index contributed by atoms with van der Waals surface area (Å²) in [5.74, 6) is -2.72. The molecule has 0 aromatic carbocycles. The van der Waals surface area contributed by atoms with Crippen LogP contribution in [-0.2, 0) is 25.7 Å². The van der Waals surface area contributed by atoms with Gasteiger partial charge in [0.2, 0.25) is 11.6 Å². The second-order valence-corrected chi connectivity index (χ2v) is 6.23. The number of carbonyl (C=O) groups is 4. The molecule has 1 aliphatic carbocycles. The number of rotatable bonds is 8. The van der Waals surface area contributed by atoms with Gasteiger partial charge < -0.3 is 10.6 Å². The minimum atomic E-state index is -0.657. The lowest BCUT2D eigenvalue weighted by Gasteiger charge is -2.06. The van der Waals surface area contributed by atoms with Gasteiger partial charge in [0.25, 0.3) is 11.8 Å². The second kappa shape index (κ2) is 7.81. The van der Waals surface area contributed by atoms with Gasteiger partial charge in [-0.1, -0.05) is 19.9 Å². The van der Waals surface area contributed by atoms with Crippen molar-refractivity contribution in [1.29, 1.82) is 0 Å². The van der Waals surface area contributed by atoms with Gasteiger partial charge in [-0.3, -0.25) is 24.2 Å². The standard InChI is InChI=1S/C17H21N3O4/c1-10(2)15(22)17(24)20-13-7-11(13)8-14(21)16(23)19-9-12-5-3-4-6-18-12/h3-6,10-11,13H,7-9H2,1-2H3,(H,19,23)(H,20,24). The van der Waals surface area contributed by atoms with Crippen molar-refractivity contribution in [3.05, 3.63) is 30.1 Å². The molecule has 0 bridgehead atoms. The van der Waals surface area contributed by atoms with Gasteiger partial charge in [0.1, 0.15) is 0 Å². The minimum absolute atomic E-state index is 0.0644. The number of hydrogen-bond acceptors (Lipinski definition) is 5. The average molecular weight is 331 g/mol. The Labute approximate surface area is 140 Å². The molecule has 24 heavy (non-hydrogen) atoms. The van der Waals surface area contributed by atoms with Crippen molar-refractivity contribution in [2.24, 2.45) is 11.8 Å². The summed E-state index contributed by atoms with van der Waals surface area (Å²) in [5, 5.41) is 5.13. The molecule has 2 N–H and O–H groups in total. The van der Waals surface area contributed by atoms with E-state index < -0.39 is 23.4 Å². The summed E-state index contributed by atoms with van der Waals surface area (Å²) in [5.41, 5.74) is 0.669. The number of ketones is 2. The van der Waals surface area contributed by atoms with Gasteiger partial charge in [-0.05, 0) is 24.5 Å². The topological polar surface area (TPSA) is 105 Å². The molecule has 1 aliphatic rings. The maximum atomic E-state index is 11.9. The van der Waals surface area contributed by atoms with Crippen LogP contribution in [0.5, 0.6) is 0 Å². The van der Waals surface area contributed by atoms with E-state index in [2.05, 4.69) is 15.6 Å². The number of pyridine rings is 1. The summed E-state index contributed by atoms with van der Waals surface area (Å²) >= 11 is 0. The van der Waals surface area contributed by atoms with Crippen LogP contribution in [0.3, 0.4) is 0 Å². The second-order valence-electron chi connectivity index (χ2n) is 6.23. The minimum Gasteiger partial charge on any atom is -0.346 e. The van der Waals surface area contributed by atoms with Crippen LogP contribution in [0.4, 0.5) is 0 Å². The lowest BCUT2D eigenvalue weighted by Crippen LogP contribution is -2.36. The molecule has 128 valence electrons. The van der Waals surface area contributed by atoms with Crippen molar-refractivity contribution < 1.29 is 19.2 Å². The zero-order chi connectivity index (χ0) is 17.7. The van der Waals surface area contributed by atoms with Crippen molar-refractivity contribution in [1.82, 2.24) is 15.6 Å². The van der Waals surface area contributed by atoms with E-state index in [-0.39, 0.29) is 30.8 Å². The number of nitrogens with one attached hydrogen (secondary N) is 2. The average Bonchev–Trinajstić information content (AvgIpc) is 3.29. The Hall–Kier alpha value is -2.57. The Bertz CT molecular complexity index is 642. The molecule has 7 nitrogen and oxygen atoms in total. The summed E-state index contributed by atoms with van der Waals surface area (Å²) in [7, 11) is 0. The van der Waals surface area contributed by atoms with Gasteiger partial charge in [-0.2, -0.15) is 0 Å². The maximum Gasteiger partial charge on any atom is 0.287 e. The summed E-state index contributed by atoms with van der Waals surface area (Å²) in [6.07, 6.45) is 2.28. The smallest absolute Gasteiger partial charge is 0.287 e. The molecule has 2 amide bonds. The highest BCUT2D eigenvalue weighted by Gasteiger charge is 2.41. The molecule has 0 saturated heterocycles. The highest BCUT2D eigenvalue weighted by Crippen LogP contribution is 2.33. The van der Waals surface area contributed by atoms with Crippen LogP contribution in [0.15, 0.2) is 24.4 Å². The van der Waals surface area contributed by atoms with Gasteiger partial charge in [0.15, 0.2) is 0 Å². The van der Waals surface area contributed by atoms with Crippen molar-refractivity contribution in [2.75, 3.05) is 0 Å². The van der Waals surface area contributed by atoms with Crippen molar-refractivity contribution in [2.45, 2.75) is 39.3 Å². The van der Waals surface area contributed by atoms with Crippen LogP contribution in [0.25, 0.3) is 0 Å². The van der Waals surface area contributed by atoms with E-state index in [1.165, 1.54) is 0 Å². The van der Waals surface area contributed by atoms with E-state index in [0.717, 1.165) is 0 Å². The van der Waals surface area contributed by atoms with E-state index >= 15 is 0 Å². The molecule has 0 spiro atoms. The highest BCUT2D eigenvalue weighted by atomic mass is 16.2. The Morgan fingerprint density at radius 2 is 1.96 bits per heavy atom. The molecular weight excluding hydrogens is 310 g/mol. The third-order valence-electron chi connectivity index (χ3n) is 3.84. The summed E-state index contributed by atoms with van der Waals surface area (Å²) in [4.78, 5) is 50.8. The fourth-order valence-electron chi connectivity index (χ4n) is 2.25. The number of aromatic nitrogens is 1. The predicted molar refractivity (Wildman–Crippen MR) is 85.6 cm³/mol. The molecule has 0 radical (unpaired) electrons. The molecule has 1 aromatic rings. The largest absolute Gasteiger partial charge is 0.346 e. The van der Waals surface area contributed by atoms with Crippen LogP contribution >= 0.6 is 0 Å². The number of nitrogens with zero attached hydrogens (tertiary/aromatic N) is 1. The molecule has 2 unspecified atom stereocenters. The van der Waals surface area contributed by atoms with Crippen LogP contribution in [0, 0.1) is 11.8 Å². The van der Waals surface area contributed by atoms with Gasteiger partial charge in [-0.15, -0.1) is 0 Å². The monoisotopic (exact) mass is 331 g/mol. The van der Waals surface area contributed by atoms with Crippen LogP contribution in [0.2, 0.25) is 0 Å². The van der Waals surface area contributed by atoms with Crippen LogP contribution in [0.1, 0.15) is 32.4 Å². The first-order valence-corrected chi connectivity index (χ1v) is 7.94. The zero-order valence-electron chi connectivity index (χ0n) is 13.7. The van der Waals surface area contributed by atoms with E-state index in [4.69, 9.17) is 0 Å². The maximum absolute atomic E-state index is 11.9. The lowest BCUT2D eigenvalue weighted by atomic mass is 10.1. The number of Topliss-reactive ketones (excluding diaryl/α,β-unsaturated/α-hetero) is 2. The number of hydrogen-bond donors (Lipinski definition) is 2.